The summed E-state index contributed by atoms with van der Waals surface area (Å²) in [7, 11) is 0. The number of hydrogen-bond donors (Lipinski definition) is 1. The molecule has 8 heteroatoms. The molecule has 1 aliphatic carbocycles. The van der Waals surface area contributed by atoms with Crippen LogP contribution in [0.1, 0.15) is 58.3 Å². The molecule has 0 aromatic carbocycles. The molecule has 0 aromatic rings. The molecule has 8 nitrogen and oxygen atoms in total. The molecule has 4 aliphatic heterocycles. The zero-order chi connectivity index (χ0) is 23.9. The van der Waals surface area contributed by atoms with Gasteiger partial charge in [0.2, 0.25) is 11.8 Å². The molecule has 2 amide bonds. The Kier molecular flexibility index (Phi) is 6.31. The number of unbranched alkanes of at least 4 members (excludes halogenated alkanes) is 1. The number of aliphatic hydroxyl groups is 1. The van der Waals surface area contributed by atoms with Gasteiger partial charge in [-0.2, -0.15) is 0 Å². The van der Waals surface area contributed by atoms with Crippen molar-refractivity contribution in [3.8, 4) is 0 Å². The molecule has 0 aromatic heterocycles. The predicted molar refractivity (Wildman–Crippen MR) is 123 cm³/mol. The summed E-state index contributed by atoms with van der Waals surface area (Å²) in [5.74, 6) is -2.36. The van der Waals surface area contributed by atoms with Gasteiger partial charge in [-0.1, -0.05) is 44.4 Å². The zero-order valence-corrected chi connectivity index (χ0v) is 20.0. The maximum Gasteiger partial charge on any atom is 0.313 e. The lowest BCUT2D eigenvalue weighted by atomic mass is 9.73. The summed E-state index contributed by atoms with van der Waals surface area (Å²) in [4.78, 5) is 45.0. The van der Waals surface area contributed by atoms with Crippen molar-refractivity contribution in [2.24, 2.45) is 11.8 Å². The van der Waals surface area contributed by atoms with Gasteiger partial charge < -0.3 is 24.4 Å². The molecule has 186 valence electrons. The maximum absolute atomic E-state index is 14.2. The fourth-order valence-corrected chi connectivity index (χ4v) is 6.97. The first kappa shape index (κ1) is 23.5. The average molecular weight is 473 g/mol. The third-order valence-corrected chi connectivity index (χ3v) is 8.55. The third kappa shape index (κ3) is 3.44. The van der Waals surface area contributed by atoms with E-state index in [4.69, 9.17) is 9.47 Å². The van der Waals surface area contributed by atoms with Crippen LogP contribution in [0.4, 0.5) is 0 Å². The molecule has 2 saturated heterocycles. The van der Waals surface area contributed by atoms with Crippen LogP contribution in [-0.4, -0.2) is 82.3 Å². The topological polar surface area (TPSA) is 96.4 Å². The largest absolute Gasteiger partial charge is 0.461 e. The normalized spacial score (nSPS) is 37.8. The van der Waals surface area contributed by atoms with Crippen molar-refractivity contribution in [2.75, 3.05) is 26.3 Å². The Morgan fingerprint density at radius 3 is 2.56 bits per heavy atom. The van der Waals surface area contributed by atoms with Crippen molar-refractivity contribution in [1.82, 2.24) is 9.80 Å². The molecule has 1 N–H and O–H groups in total. The van der Waals surface area contributed by atoms with E-state index in [1.807, 2.05) is 30.1 Å². The molecule has 0 radical (unpaired) electrons. The number of hydrogen-bond acceptors (Lipinski definition) is 6. The second-order valence-corrected chi connectivity index (χ2v) is 10.3. The second kappa shape index (κ2) is 9.11. The molecule has 1 saturated carbocycles. The molecule has 0 bridgehead atoms. The van der Waals surface area contributed by atoms with Gasteiger partial charge in [-0.05, 0) is 38.2 Å². The van der Waals surface area contributed by atoms with Crippen LogP contribution in [0, 0.1) is 11.8 Å². The van der Waals surface area contributed by atoms with Crippen molar-refractivity contribution in [3.63, 3.8) is 0 Å². The molecular weight excluding hydrogens is 436 g/mol. The summed E-state index contributed by atoms with van der Waals surface area (Å²) in [5, 5.41) is 9.31. The average Bonchev–Trinajstić information content (AvgIpc) is 3.11. The van der Waals surface area contributed by atoms with Gasteiger partial charge >= 0.3 is 5.97 Å². The molecule has 3 fully saturated rings. The van der Waals surface area contributed by atoms with E-state index in [0.29, 0.717) is 32.4 Å². The highest BCUT2D eigenvalue weighted by Crippen LogP contribution is 2.58. The summed E-state index contributed by atoms with van der Waals surface area (Å²) in [6.07, 6.45) is 14.5. The fraction of sp³-hybridized carbons (Fsp3) is 0.731. The van der Waals surface area contributed by atoms with Crippen LogP contribution in [0.3, 0.4) is 0 Å². The number of carbonyl (C=O) groups excluding carboxylic acids is 3. The number of esters is 1. The molecule has 1 spiro atoms. The SMILES string of the molecule is CC[C@@]12C=CCOC(=O)[C@@H]1[C@H]1C(=O)N(CCCCO)C3C(=O)N(C4CCCCC4)CC=C[C@@]31O2. The first-order valence-corrected chi connectivity index (χ1v) is 12.9. The van der Waals surface area contributed by atoms with Crippen LogP contribution in [0.5, 0.6) is 0 Å². The van der Waals surface area contributed by atoms with Crippen molar-refractivity contribution in [3.05, 3.63) is 24.3 Å². The standard InChI is InChI=1S/C26H36N2O6/c1-2-25-12-9-17-33-24(32)20(25)19-22(30)28(14-6-7-16-29)21-23(31)27(18-10-4-3-5-11-18)15-8-13-26(19,21)34-25/h8-9,12-13,18-21,29H,2-7,10-11,14-17H2,1H3/t19-,20-,21?,25+,26-/m0/s1. The second-order valence-electron chi connectivity index (χ2n) is 10.3. The van der Waals surface area contributed by atoms with Crippen LogP contribution in [0.25, 0.3) is 0 Å². The number of amides is 2. The molecule has 5 atom stereocenters. The van der Waals surface area contributed by atoms with Gasteiger partial charge in [0.05, 0.1) is 5.92 Å². The van der Waals surface area contributed by atoms with Gasteiger partial charge in [0, 0.05) is 25.7 Å². The lowest BCUT2D eigenvalue weighted by Gasteiger charge is -2.40. The Labute approximate surface area is 200 Å². The van der Waals surface area contributed by atoms with E-state index in [9.17, 15) is 19.5 Å². The van der Waals surface area contributed by atoms with Crippen LogP contribution in [0.15, 0.2) is 24.3 Å². The van der Waals surface area contributed by atoms with Gasteiger partial charge in [0.15, 0.2) is 0 Å². The Morgan fingerprint density at radius 2 is 1.82 bits per heavy atom. The van der Waals surface area contributed by atoms with Gasteiger partial charge in [0.1, 0.15) is 29.8 Å². The van der Waals surface area contributed by atoms with E-state index in [-0.39, 0.29) is 31.1 Å². The van der Waals surface area contributed by atoms with Crippen molar-refractivity contribution in [2.45, 2.75) is 81.6 Å². The van der Waals surface area contributed by atoms with Gasteiger partial charge in [-0.25, -0.2) is 0 Å². The molecule has 5 rings (SSSR count). The summed E-state index contributed by atoms with van der Waals surface area (Å²) >= 11 is 0. The van der Waals surface area contributed by atoms with Crippen LogP contribution in [-0.2, 0) is 23.9 Å². The highest BCUT2D eigenvalue weighted by Gasteiger charge is 2.75. The Hall–Kier alpha value is -2.19. The number of aliphatic hydroxyl groups excluding tert-OH is 1. The first-order chi connectivity index (χ1) is 16.5. The van der Waals surface area contributed by atoms with Gasteiger partial charge in [-0.3, -0.25) is 14.4 Å². The summed E-state index contributed by atoms with van der Waals surface area (Å²) < 4.78 is 12.3. The number of nitrogens with zero attached hydrogens (tertiary/aromatic N) is 2. The minimum absolute atomic E-state index is 0.0263. The molecular formula is C26H36N2O6. The fourth-order valence-electron chi connectivity index (χ4n) is 6.97. The van der Waals surface area contributed by atoms with Gasteiger partial charge in [-0.15, -0.1) is 0 Å². The predicted octanol–water partition coefficient (Wildman–Crippen LogP) is 1.96. The number of carbonyl (C=O) groups is 3. The minimum atomic E-state index is -1.21. The number of likely N-dealkylation sites (tertiary alicyclic amines) is 1. The molecule has 5 aliphatic rings. The summed E-state index contributed by atoms with van der Waals surface area (Å²) in [5.41, 5.74) is -2.19. The van der Waals surface area contributed by atoms with E-state index in [2.05, 4.69) is 0 Å². The van der Waals surface area contributed by atoms with Gasteiger partial charge in [0.25, 0.3) is 0 Å². The molecule has 34 heavy (non-hydrogen) atoms. The lowest BCUT2D eigenvalue weighted by molar-refractivity contribution is -0.160. The number of fused-ring (bicyclic) bond motifs is 2. The number of cyclic esters (lactones) is 1. The van der Waals surface area contributed by atoms with Crippen molar-refractivity contribution < 1.29 is 29.0 Å². The summed E-state index contributed by atoms with van der Waals surface area (Å²) in [6, 6.07) is -0.660. The smallest absolute Gasteiger partial charge is 0.313 e. The Morgan fingerprint density at radius 1 is 1.03 bits per heavy atom. The van der Waals surface area contributed by atoms with Crippen LogP contribution in [0.2, 0.25) is 0 Å². The van der Waals surface area contributed by atoms with Crippen LogP contribution >= 0.6 is 0 Å². The Bertz CT molecular complexity index is 896. The highest BCUT2D eigenvalue weighted by atomic mass is 16.6. The van der Waals surface area contributed by atoms with Crippen LogP contribution < -0.4 is 0 Å². The highest BCUT2D eigenvalue weighted by molar-refractivity contribution is 5.99. The van der Waals surface area contributed by atoms with E-state index >= 15 is 0 Å². The lowest BCUT2D eigenvalue weighted by Crippen LogP contribution is -2.57. The number of rotatable bonds is 6. The van der Waals surface area contributed by atoms with Crippen molar-refractivity contribution in [1.29, 1.82) is 0 Å². The summed E-state index contributed by atoms with van der Waals surface area (Å²) in [6.45, 7) is 2.96. The molecule has 1 unspecified atom stereocenters. The quantitative estimate of drug-likeness (QED) is 0.361. The van der Waals surface area contributed by atoms with E-state index in [1.165, 1.54) is 6.42 Å². The molecule has 4 heterocycles. The van der Waals surface area contributed by atoms with E-state index < -0.39 is 35.0 Å². The van der Waals surface area contributed by atoms with E-state index in [0.717, 1.165) is 25.7 Å². The van der Waals surface area contributed by atoms with Crippen molar-refractivity contribution >= 4 is 17.8 Å². The third-order valence-electron chi connectivity index (χ3n) is 8.55. The first-order valence-electron chi connectivity index (χ1n) is 12.9. The minimum Gasteiger partial charge on any atom is -0.461 e. The monoisotopic (exact) mass is 472 g/mol. The Balaban J connectivity index is 1.59. The zero-order valence-electron chi connectivity index (χ0n) is 20.0. The maximum atomic E-state index is 14.2. The van der Waals surface area contributed by atoms with E-state index in [1.54, 1.807) is 11.0 Å². The number of ether oxygens (including phenoxy) is 2.